The standard InChI is InChI=1S/C15H23N5O3/c1-10-12(8-18(5)16-10)14(22)19-6-7-20(11(2)21)13(9-19)15(23)17(3)4/h8,13H,6-7,9H2,1-5H3/t13-/m0/s1. The zero-order valence-electron chi connectivity index (χ0n) is 14.2. The minimum atomic E-state index is -0.642. The van der Waals surface area contributed by atoms with Gasteiger partial charge in [0.1, 0.15) is 6.04 Å². The Balaban J connectivity index is 2.23. The van der Waals surface area contributed by atoms with Crippen molar-refractivity contribution >= 4 is 17.7 Å². The Morgan fingerprint density at radius 2 is 1.91 bits per heavy atom. The van der Waals surface area contributed by atoms with E-state index in [9.17, 15) is 14.4 Å². The second-order valence-electron chi connectivity index (χ2n) is 6.01. The van der Waals surface area contributed by atoms with Gasteiger partial charge in [-0.05, 0) is 6.92 Å². The molecule has 1 aliphatic rings. The van der Waals surface area contributed by atoms with Gasteiger partial charge in [-0.3, -0.25) is 19.1 Å². The second kappa shape index (κ2) is 6.39. The molecule has 8 nitrogen and oxygen atoms in total. The van der Waals surface area contributed by atoms with Crippen molar-refractivity contribution in [3.05, 3.63) is 17.5 Å². The number of hydrogen-bond acceptors (Lipinski definition) is 4. The Labute approximate surface area is 135 Å². The second-order valence-corrected chi connectivity index (χ2v) is 6.01. The molecular formula is C15H23N5O3. The molecule has 1 saturated heterocycles. The van der Waals surface area contributed by atoms with E-state index < -0.39 is 6.04 Å². The third-order valence-electron chi connectivity index (χ3n) is 4.04. The molecule has 0 bridgehead atoms. The first-order valence-electron chi connectivity index (χ1n) is 7.50. The number of hydrogen-bond donors (Lipinski definition) is 0. The number of piperazine rings is 1. The molecule has 0 aliphatic carbocycles. The van der Waals surface area contributed by atoms with Gasteiger partial charge in [0.15, 0.2) is 0 Å². The summed E-state index contributed by atoms with van der Waals surface area (Å²) in [5.41, 5.74) is 1.18. The predicted octanol–water partition coefficient (Wildman–Crippen LogP) is -0.510. The lowest BCUT2D eigenvalue weighted by Crippen LogP contribution is -2.61. The summed E-state index contributed by atoms with van der Waals surface area (Å²) in [7, 11) is 5.05. The molecule has 3 amide bonds. The van der Waals surface area contributed by atoms with E-state index in [2.05, 4.69) is 5.10 Å². The van der Waals surface area contributed by atoms with Crippen molar-refractivity contribution < 1.29 is 14.4 Å². The molecule has 1 fully saturated rings. The fourth-order valence-electron chi connectivity index (χ4n) is 2.83. The van der Waals surface area contributed by atoms with E-state index in [1.807, 2.05) is 0 Å². The van der Waals surface area contributed by atoms with Crippen LogP contribution < -0.4 is 0 Å². The fourth-order valence-corrected chi connectivity index (χ4v) is 2.83. The Morgan fingerprint density at radius 1 is 1.26 bits per heavy atom. The van der Waals surface area contributed by atoms with Gasteiger partial charge >= 0.3 is 0 Å². The highest BCUT2D eigenvalue weighted by molar-refractivity contribution is 5.96. The molecule has 0 radical (unpaired) electrons. The van der Waals surface area contributed by atoms with Crippen LogP contribution in [0.4, 0.5) is 0 Å². The van der Waals surface area contributed by atoms with Crippen LogP contribution in [0.1, 0.15) is 23.0 Å². The smallest absolute Gasteiger partial charge is 0.257 e. The normalized spacial score (nSPS) is 18.0. The quantitative estimate of drug-likeness (QED) is 0.735. The lowest BCUT2D eigenvalue weighted by molar-refractivity contribution is -0.146. The number of amides is 3. The maximum absolute atomic E-state index is 12.7. The van der Waals surface area contributed by atoms with Crippen LogP contribution in [0, 0.1) is 6.92 Å². The summed E-state index contributed by atoms with van der Waals surface area (Å²) in [6.45, 7) is 4.18. The van der Waals surface area contributed by atoms with Crippen molar-refractivity contribution in [2.75, 3.05) is 33.7 Å². The molecule has 2 rings (SSSR count). The van der Waals surface area contributed by atoms with Crippen molar-refractivity contribution in [1.29, 1.82) is 0 Å². The summed E-state index contributed by atoms with van der Waals surface area (Å²) < 4.78 is 1.59. The van der Waals surface area contributed by atoms with Gasteiger partial charge in [-0.2, -0.15) is 5.10 Å². The van der Waals surface area contributed by atoms with E-state index in [0.29, 0.717) is 24.3 Å². The van der Waals surface area contributed by atoms with Gasteiger partial charge in [0.05, 0.1) is 17.8 Å². The van der Waals surface area contributed by atoms with Crippen LogP contribution in [0.5, 0.6) is 0 Å². The molecule has 0 aromatic carbocycles. The lowest BCUT2D eigenvalue weighted by Gasteiger charge is -2.40. The zero-order chi connectivity index (χ0) is 17.3. The van der Waals surface area contributed by atoms with Crippen LogP contribution in [0.2, 0.25) is 0 Å². The largest absolute Gasteiger partial charge is 0.347 e. The van der Waals surface area contributed by atoms with Crippen LogP contribution in [0.15, 0.2) is 6.20 Å². The number of rotatable bonds is 2. The SMILES string of the molecule is CC(=O)N1CCN(C(=O)c2cn(C)nc2C)C[C@H]1C(=O)N(C)C. The number of carbonyl (C=O) groups is 3. The Morgan fingerprint density at radius 3 is 2.39 bits per heavy atom. The van der Waals surface area contributed by atoms with Crippen molar-refractivity contribution in [2.24, 2.45) is 7.05 Å². The number of likely N-dealkylation sites (N-methyl/N-ethyl adjacent to an activating group) is 1. The summed E-state index contributed by atoms with van der Waals surface area (Å²) in [5.74, 6) is -0.495. The highest BCUT2D eigenvalue weighted by Crippen LogP contribution is 2.16. The number of aromatic nitrogens is 2. The van der Waals surface area contributed by atoms with Crippen LogP contribution in [0.3, 0.4) is 0 Å². The summed E-state index contributed by atoms with van der Waals surface area (Å²) in [6.07, 6.45) is 1.68. The molecule has 1 aromatic rings. The summed E-state index contributed by atoms with van der Waals surface area (Å²) in [4.78, 5) is 41.4. The zero-order valence-corrected chi connectivity index (χ0v) is 14.2. The van der Waals surface area contributed by atoms with Crippen LogP contribution in [-0.4, -0.2) is 82.0 Å². The van der Waals surface area contributed by atoms with E-state index in [0.717, 1.165) is 0 Å². The number of aryl methyl sites for hydroxylation is 2. The third kappa shape index (κ3) is 3.35. The van der Waals surface area contributed by atoms with E-state index in [1.165, 1.54) is 16.7 Å². The van der Waals surface area contributed by atoms with E-state index in [4.69, 9.17) is 0 Å². The third-order valence-corrected chi connectivity index (χ3v) is 4.04. The molecule has 2 heterocycles. The van der Waals surface area contributed by atoms with Gasteiger partial charge in [0, 0.05) is 47.4 Å². The molecule has 0 N–H and O–H groups in total. The van der Waals surface area contributed by atoms with Gasteiger partial charge in [-0.15, -0.1) is 0 Å². The van der Waals surface area contributed by atoms with E-state index in [1.54, 1.807) is 43.8 Å². The van der Waals surface area contributed by atoms with Crippen molar-refractivity contribution in [3.8, 4) is 0 Å². The highest BCUT2D eigenvalue weighted by Gasteiger charge is 2.37. The van der Waals surface area contributed by atoms with Crippen molar-refractivity contribution in [2.45, 2.75) is 19.9 Å². The van der Waals surface area contributed by atoms with Crippen LogP contribution in [-0.2, 0) is 16.6 Å². The molecule has 1 aromatic heterocycles. The highest BCUT2D eigenvalue weighted by atomic mass is 16.2. The molecule has 1 aliphatic heterocycles. The number of carbonyl (C=O) groups excluding carboxylic acids is 3. The molecule has 1 atom stereocenters. The first-order chi connectivity index (χ1) is 10.7. The summed E-state index contributed by atoms with van der Waals surface area (Å²) in [5, 5.41) is 4.18. The molecular weight excluding hydrogens is 298 g/mol. The van der Waals surface area contributed by atoms with Crippen molar-refractivity contribution in [3.63, 3.8) is 0 Å². The lowest BCUT2D eigenvalue weighted by atomic mass is 10.1. The maximum Gasteiger partial charge on any atom is 0.257 e. The molecule has 0 unspecified atom stereocenters. The molecule has 23 heavy (non-hydrogen) atoms. The first-order valence-corrected chi connectivity index (χ1v) is 7.50. The van der Waals surface area contributed by atoms with Gasteiger partial charge in [0.2, 0.25) is 11.8 Å². The minimum absolute atomic E-state index is 0.157. The average Bonchev–Trinajstić information content (AvgIpc) is 2.83. The Kier molecular flexibility index (Phi) is 4.72. The van der Waals surface area contributed by atoms with Gasteiger partial charge in [-0.25, -0.2) is 0 Å². The summed E-state index contributed by atoms with van der Waals surface area (Å²) in [6, 6.07) is -0.642. The first kappa shape index (κ1) is 17.0. The predicted molar refractivity (Wildman–Crippen MR) is 83.7 cm³/mol. The average molecular weight is 321 g/mol. The monoisotopic (exact) mass is 321 g/mol. The maximum atomic E-state index is 12.7. The van der Waals surface area contributed by atoms with Gasteiger partial charge < -0.3 is 14.7 Å². The number of nitrogens with zero attached hydrogens (tertiary/aromatic N) is 5. The van der Waals surface area contributed by atoms with Gasteiger partial charge in [0.25, 0.3) is 5.91 Å². The topological polar surface area (TPSA) is 78.8 Å². The molecule has 126 valence electrons. The van der Waals surface area contributed by atoms with Crippen molar-refractivity contribution in [1.82, 2.24) is 24.5 Å². The molecule has 0 spiro atoms. The Bertz CT molecular complexity index is 637. The molecule has 0 saturated carbocycles. The summed E-state index contributed by atoms with van der Waals surface area (Å²) >= 11 is 0. The van der Waals surface area contributed by atoms with Gasteiger partial charge in [-0.1, -0.05) is 0 Å². The minimum Gasteiger partial charge on any atom is -0.347 e. The van der Waals surface area contributed by atoms with E-state index >= 15 is 0 Å². The Hall–Kier alpha value is -2.38. The molecule has 8 heteroatoms. The van der Waals surface area contributed by atoms with Crippen LogP contribution in [0.25, 0.3) is 0 Å². The van der Waals surface area contributed by atoms with E-state index in [-0.39, 0.29) is 24.3 Å². The fraction of sp³-hybridized carbons (Fsp3) is 0.600. The van der Waals surface area contributed by atoms with Crippen LogP contribution >= 0.6 is 0 Å².